The molecule has 0 bridgehead atoms. The van der Waals surface area contributed by atoms with E-state index in [1.807, 2.05) is 31.2 Å². The molecule has 0 spiro atoms. The third kappa shape index (κ3) is 4.31. The van der Waals surface area contributed by atoms with Gasteiger partial charge in [-0.05, 0) is 24.1 Å². The standard InChI is InChI=1S/C17H18FNO2/c1-2-13-7-4-6-10-16(13)21-12-17(20)19-11-14-8-3-5-9-15(14)18/h3-10H,2,11-12H2,1H3,(H,19,20). The van der Waals surface area contributed by atoms with Crippen molar-refractivity contribution in [3.63, 3.8) is 0 Å². The number of hydrogen-bond donors (Lipinski definition) is 1. The molecule has 0 atom stereocenters. The van der Waals surface area contributed by atoms with Gasteiger partial charge >= 0.3 is 0 Å². The molecule has 0 aliphatic carbocycles. The lowest BCUT2D eigenvalue weighted by Gasteiger charge is -2.10. The van der Waals surface area contributed by atoms with Crippen LogP contribution in [-0.2, 0) is 17.8 Å². The smallest absolute Gasteiger partial charge is 0.258 e. The van der Waals surface area contributed by atoms with Crippen LogP contribution in [0.5, 0.6) is 5.75 Å². The average Bonchev–Trinajstić information content (AvgIpc) is 2.52. The van der Waals surface area contributed by atoms with Crippen molar-refractivity contribution in [2.24, 2.45) is 0 Å². The molecule has 2 aromatic carbocycles. The molecule has 1 N–H and O–H groups in total. The molecule has 21 heavy (non-hydrogen) atoms. The number of aryl methyl sites for hydroxylation is 1. The Balaban J connectivity index is 1.84. The molecule has 0 radical (unpaired) electrons. The number of amides is 1. The molecule has 0 saturated carbocycles. The number of carbonyl (C=O) groups excluding carboxylic acids is 1. The molecule has 110 valence electrons. The molecule has 4 heteroatoms. The van der Waals surface area contributed by atoms with Crippen LogP contribution in [0.15, 0.2) is 48.5 Å². The van der Waals surface area contributed by atoms with Gasteiger partial charge in [0.1, 0.15) is 11.6 Å². The molecule has 0 saturated heterocycles. The summed E-state index contributed by atoms with van der Waals surface area (Å²) in [7, 11) is 0. The quantitative estimate of drug-likeness (QED) is 0.886. The largest absolute Gasteiger partial charge is 0.483 e. The van der Waals surface area contributed by atoms with Gasteiger partial charge in [0.25, 0.3) is 5.91 Å². The van der Waals surface area contributed by atoms with Crippen LogP contribution in [0.2, 0.25) is 0 Å². The molecule has 3 nitrogen and oxygen atoms in total. The van der Waals surface area contributed by atoms with Gasteiger partial charge in [-0.3, -0.25) is 4.79 Å². The Kier molecular flexibility index (Phi) is 5.32. The number of ether oxygens (including phenoxy) is 1. The van der Waals surface area contributed by atoms with Gasteiger partial charge in [0, 0.05) is 12.1 Å². The average molecular weight is 287 g/mol. The molecule has 1 amide bonds. The second-order valence-electron chi connectivity index (χ2n) is 4.62. The molecule has 0 aliphatic heterocycles. The highest BCUT2D eigenvalue weighted by molar-refractivity contribution is 5.77. The number of benzene rings is 2. The van der Waals surface area contributed by atoms with Crippen molar-refractivity contribution in [2.45, 2.75) is 19.9 Å². The summed E-state index contributed by atoms with van der Waals surface area (Å²) in [4.78, 5) is 11.7. The molecule has 2 rings (SSSR count). The first-order chi connectivity index (χ1) is 10.2. The van der Waals surface area contributed by atoms with E-state index in [4.69, 9.17) is 4.74 Å². The fourth-order valence-electron chi connectivity index (χ4n) is 1.97. The fourth-order valence-corrected chi connectivity index (χ4v) is 1.97. The van der Waals surface area contributed by atoms with E-state index >= 15 is 0 Å². The van der Waals surface area contributed by atoms with Gasteiger partial charge in [0.2, 0.25) is 0 Å². The molecular weight excluding hydrogens is 269 g/mol. The highest BCUT2D eigenvalue weighted by atomic mass is 19.1. The van der Waals surface area contributed by atoms with Gasteiger partial charge in [-0.25, -0.2) is 4.39 Å². The number of halogens is 1. The topological polar surface area (TPSA) is 38.3 Å². The summed E-state index contributed by atoms with van der Waals surface area (Å²) in [6, 6.07) is 14.0. The van der Waals surface area contributed by atoms with Crippen molar-refractivity contribution in [2.75, 3.05) is 6.61 Å². The molecule has 2 aromatic rings. The van der Waals surface area contributed by atoms with E-state index in [0.29, 0.717) is 11.3 Å². The van der Waals surface area contributed by atoms with Gasteiger partial charge < -0.3 is 10.1 Å². The van der Waals surface area contributed by atoms with Gasteiger partial charge in [-0.1, -0.05) is 43.3 Å². The van der Waals surface area contributed by atoms with Crippen molar-refractivity contribution in [1.29, 1.82) is 0 Å². The Morgan fingerprint density at radius 3 is 2.48 bits per heavy atom. The maximum atomic E-state index is 13.4. The van der Waals surface area contributed by atoms with E-state index < -0.39 is 0 Å². The van der Waals surface area contributed by atoms with Crippen LogP contribution in [0, 0.1) is 5.82 Å². The molecular formula is C17H18FNO2. The lowest BCUT2D eigenvalue weighted by molar-refractivity contribution is -0.123. The van der Waals surface area contributed by atoms with Crippen LogP contribution in [0.25, 0.3) is 0 Å². The monoisotopic (exact) mass is 287 g/mol. The summed E-state index contributed by atoms with van der Waals surface area (Å²) >= 11 is 0. The second kappa shape index (κ2) is 7.43. The molecule has 0 heterocycles. The summed E-state index contributed by atoms with van der Waals surface area (Å²) in [6.45, 7) is 2.11. The highest BCUT2D eigenvalue weighted by Crippen LogP contribution is 2.17. The van der Waals surface area contributed by atoms with Crippen LogP contribution in [-0.4, -0.2) is 12.5 Å². The number of para-hydroxylation sites is 1. The highest BCUT2D eigenvalue weighted by Gasteiger charge is 2.07. The van der Waals surface area contributed by atoms with Crippen molar-refractivity contribution in [3.8, 4) is 5.75 Å². The summed E-state index contributed by atoms with van der Waals surface area (Å²) in [6.07, 6.45) is 0.840. The zero-order chi connectivity index (χ0) is 15.1. The minimum Gasteiger partial charge on any atom is -0.483 e. The van der Waals surface area contributed by atoms with Gasteiger partial charge in [-0.15, -0.1) is 0 Å². The second-order valence-corrected chi connectivity index (χ2v) is 4.62. The van der Waals surface area contributed by atoms with Gasteiger partial charge in [-0.2, -0.15) is 0 Å². The zero-order valence-electron chi connectivity index (χ0n) is 11.9. The Morgan fingerprint density at radius 1 is 1.10 bits per heavy atom. The normalized spacial score (nSPS) is 10.2. The van der Waals surface area contributed by atoms with Crippen LogP contribution in [0.3, 0.4) is 0 Å². The minimum atomic E-state index is -0.324. The van der Waals surface area contributed by atoms with E-state index in [1.165, 1.54) is 6.07 Å². The minimum absolute atomic E-state index is 0.0779. The van der Waals surface area contributed by atoms with Crippen molar-refractivity contribution in [1.82, 2.24) is 5.32 Å². The van der Waals surface area contributed by atoms with E-state index in [2.05, 4.69) is 5.32 Å². The lowest BCUT2D eigenvalue weighted by Crippen LogP contribution is -2.28. The van der Waals surface area contributed by atoms with E-state index in [9.17, 15) is 9.18 Å². The summed E-state index contributed by atoms with van der Waals surface area (Å²) in [5.74, 6) is 0.111. The molecule has 0 unspecified atom stereocenters. The predicted molar refractivity (Wildman–Crippen MR) is 79.6 cm³/mol. The van der Waals surface area contributed by atoms with Crippen LogP contribution in [0.1, 0.15) is 18.1 Å². The maximum Gasteiger partial charge on any atom is 0.258 e. The summed E-state index contributed by atoms with van der Waals surface area (Å²) in [5, 5.41) is 2.64. The van der Waals surface area contributed by atoms with Crippen LogP contribution >= 0.6 is 0 Å². The van der Waals surface area contributed by atoms with Crippen LogP contribution in [0.4, 0.5) is 4.39 Å². The number of hydrogen-bond acceptors (Lipinski definition) is 2. The lowest BCUT2D eigenvalue weighted by atomic mass is 10.1. The van der Waals surface area contributed by atoms with E-state index in [-0.39, 0.29) is 24.9 Å². The Bertz CT molecular complexity index is 613. The number of carbonyl (C=O) groups is 1. The number of nitrogens with one attached hydrogen (secondary N) is 1. The Hall–Kier alpha value is -2.36. The zero-order valence-corrected chi connectivity index (χ0v) is 11.9. The van der Waals surface area contributed by atoms with Gasteiger partial charge in [0.15, 0.2) is 6.61 Å². The molecule has 0 fully saturated rings. The first-order valence-corrected chi connectivity index (χ1v) is 6.91. The number of rotatable bonds is 6. The van der Waals surface area contributed by atoms with Crippen molar-refractivity contribution in [3.05, 3.63) is 65.5 Å². The first kappa shape index (κ1) is 15.0. The summed E-state index contributed by atoms with van der Waals surface area (Å²) < 4.78 is 18.9. The van der Waals surface area contributed by atoms with Gasteiger partial charge in [0.05, 0.1) is 0 Å². The molecule has 0 aliphatic rings. The van der Waals surface area contributed by atoms with E-state index in [1.54, 1.807) is 18.2 Å². The molecule has 0 aromatic heterocycles. The van der Waals surface area contributed by atoms with Crippen LogP contribution < -0.4 is 10.1 Å². The van der Waals surface area contributed by atoms with Crippen molar-refractivity contribution >= 4 is 5.91 Å². The Labute approximate surface area is 123 Å². The predicted octanol–water partition coefficient (Wildman–Crippen LogP) is 3.08. The summed E-state index contributed by atoms with van der Waals surface area (Å²) in [5.41, 5.74) is 1.51. The first-order valence-electron chi connectivity index (χ1n) is 6.91. The Morgan fingerprint density at radius 2 is 1.76 bits per heavy atom. The maximum absolute atomic E-state index is 13.4. The van der Waals surface area contributed by atoms with Crippen molar-refractivity contribution < 1.29 is 13.9 Å². The SMILES string of the molecule is CCc1ccccc1OCC(=O)NCc1ccccc1F. The fraction of sp³-hybridized carbons (Fsp3) is 0.235. The third-order valence-corrected chi connectivity index (χ3v) is 3.15. The third-order valence-electron chi connectivity index (χ3n) is 3.15. The van der Waals surface area contributed by atoms with E-state index in [0.717, 1.165) is 12.0 Å².